The molecule has 1 aromatic rings. The van der Waals surface area contributed by atoms with E-state index in [-0.39, 0.29) is 0 Å². The molecule has 0 saturated heterocycles. The second-order valence-corrected chi connectivity index (χ2v) is 3.19. The molecule has 0 aromatic heterocycles. The third-order valence-corrected chi connectivity index (χ3v) is 1.85. The lowest BCUT2D eigenvalue weighted by Crippen LogP contribution is -2.16. The van der Waals surface area contributed by atoms with E-state index >= 15 is 0 Å². The van der Waals surface area contributed by atoms with Crippen LogP contribution in [-0.4, -0.2) is 12.3 Å². The highest BCUT2D eigenvalue weighted by Gasteiger charge is 1.91. The molecule has 0 aliphatic rings. The summed E-state index contributed by atoms with van der Waals surface area (Å²) in [7, 11) is 0. The third-order valence-electron chi connectivity index (χ3n) is 1.85. The predicted octanol–water partition coefficient (Wildman–Crippen LogP) is 2.21. The highest BCUT2D eigenvalue weighted by molar-refractivity contribution is 5.78. The Morgan fingerprint density at radius 1 is 1.31 bits per heavy atom. The summed E-state index contributed by atoms with van der Waals surface area (Å²) in [5.41, 5.74) is 2.03. The lowest BCUT2D eigenvalue weighted by atomic mass is 10.2. The Bertz CT molecular complexity index is 254. The lowest BCUT2D eigenvalue weighted by Gasteiger charge is -2.03. The number of benzene rings is 1. The van der Waals surface area contributed by atoms with Crippen molar-refractivity contribution in [3.05, 3.63) is 35.9 Å². The number of hydrogen-bond acceptors (Lipinski definition) is 2. The second kappa shape index (κ2) is 5.49. The van der Waals surface area contributed by atoms with Gasteiger partial charge in [-0.15, -0.1) is 0 Å². The fourth-order valence-electron chi connectivity index (χ4n) is 1.10. The van der Waals surface area contributed by atoms with E-state index in [1.165, 1.54) is 5.56 Å². The SMILES string of the molecule is CC(=N)CCNCc1ccccc1. The molecule has 0 bridgehead atoms. The Kier molecular flexibility index (Phi) is 4.19. The fraction of sp³-hybridized carbons (Fsp3) is 0.364. The molecule has 0 saturated carbocycles. The highest BCUT2D eigenvalue weighted by atomic mass is 14.8. The van der Waals surface area contributed by atoms with E-state index in [4.69, 9.17) is 5.41 Å². The van der Waals surface area contributed by atoms with Gasteiger partial charge in [0, 0.05) is 18.8 Å². The molecule has 2 nitrogen and oxygen atoms in total. The highest BCUT2D eigenvalue weighted by Crippen LogP contribution is 1.96. The summed E-state index contributed by atoms with van der Waals surface area (Å²) in [6.07, 6.45) is 0.840. The minimum Gasteiger partial charge on any atom is -0.312 e. The van der Waals surface area contributed by atoms with Crippen LogP contribution in [0.1, 0.15) is 18.9 Å². The van der Waals surface area contributed by atoms with Gasteiger partial charge < -0.3 is 10.7 Å². The van der Waals surface area contributed by atoms with E-state index in [9.17, 15) is 0 Å². The predicted molar refractivity (Wildman–Crippen MR) is 56.2 cm³/mol. The van der Waals surface area contributed by atoms with Crippen LogP contribution in [-0.2, 0) is 6.54 Å². The molecule has 2 N–H and O–H groups in total. The number of hydrogen-bond donors (Lipinski definition) is 2. The quantitative estimate of drug-likeness (QED) is 0.523. The van der Waals surface area contributed by atoms with E-state index in [0.717, 1.165) is 25.2 Å². The molecular weight excluding hydrogens is 160 g/mol. The summed E-state index contributed by atoms with van der Waals surface area (Å²) >= 11 is 0. The first kappa shape index (κ1) is 9.93. The largest absolute Gasteiger partial charge is 0.312 e. The van der Waals surface area contributed by atoms with E-state index in [1.807, 2.05) is 25.1 Å². The first-order valence-corrected chi connectivity index (χ1v) is 4.57. The summed E-state index contributed by atoms with van der Waals surface area (Å²) in [5.74, 6) is 0. The van der Waals surface area contributed by atoms with Crippen molar-refractivity contribution in [3.63, 3.8) is 0 Å². The molecule has 0 heterocycles. The van der Waals surface area contributed by atoms with Crippen LogP contribution in [0.2, 0.25) is 0 Å². The zero-order valence-corrected chi connectivity index (χ0v) is 8.01. The first-order valence-electron chi connectivity index (χ1n) is 4.57. The Morgan fingerprint density at radius 2 is 2.00 bits per heavy atom. The van der Waals surface area contributed by atoms with Crippen molar-refractivity contribution < 1.29 is 0 Å². The van der Waals surface area contributed by atoms with Crippen molar-refractivity contribution in [3.8, 4) is 0 Å². The molecular formula is C11H16N2. The van der Waals surface area contributed by atoms with Gasteiger partial charge in [0.1, 0.15) is 0 Å². The molecule has 0 amide bonds. The maximum Gasteiger partial charge on any atom is 0.0205 e. The fourth-order valence-corrected chi connectivity index (χ4v) is 1.10. The van der Waals surface area contributed by atoms with Crippen molar-refractivity contribution in [2.45, 2.75) is 19.9 Å². The van der Waals surface area contributed by atoms with Crippen LogP contribution in [0.4, 0.5) is 0 Å². The zero-order chi connectivity index (χ0) is 9.52. The molecule has 0 unspecified atom stereocenters. The summed E-state index contributed by atoms with van der Waals surface area (Å²) in [6, 6.07) is 10.3. The third kappa shape index (κ3) is 4.43. The average Bonchev–Trinajstić information content (AvgIpc) is 2.14. The average molecular weight is 176 g/mol. The number of rotatable bonds is 5. The smallest absolute Gasteiger partial charge is 0.0205 e. The van der Waals surface area contributed by atoms with Crippen LogP contribution >= 0.6 is 0 Å². The zero-order valence-electron chi connectivity index (χ0n) is 8.01. The monoisotopic (exact) mass is 176 g/mol. The van der Waals surface area contributed by atoms with Gasteiger partial charge in [0.2, 0.25) is 0 Å². The van der Waals surface area contributed by atoms with Gasteiger partial charge in [-0.25, -0.2) is 0 Å². The van der Waals surface area contributed by atoms with E-state index < -0.39 is 0 Å². The molecule has 70 valence electrons. The van der Waals surface area contributed by atoms with Crippen molar-refractivity contribution in [1.29, 1.82) is 5.41 Å². The van der Waals surface area contributed by atoms with Crippen molar-refractivity contribution in [1.82, 2.24) is 5.32 Å². The van der Waals surface area contributed by atoms with Crippen molar-refractivity contribution in [2.24, 2.45) is 0 Å². The van der Waals surface area contributed by atoms with Gasteiger partial charge >= 0.3 is 0 Å². The van der Waals surface area contributed by atoms with Crippen LogP contribution in [0.25, 0.3) is 0 Å². The van der Waals surface area contributed by atoms with Gasteiger partial charge in [-0.05, 0) is 18.9 Å². The maximum atomic E-state index is 7.24. The van der Waals surface area contributed by atoms with Gasteiger partial charge in [-0.3, -0.25) is 0 Å². The van der Waals surface area contributed by atoms with Crippen LogP contribution in [0, 0.1) is 5.41 Å². The molecule has 0 fully saturated rings. The van der Waals surface area contributed by atoms with Crippen LogP contribution in [0.5, 0.6) is 0 Å². The molecule has 0 radical (unpaired) electrons. The summed E-state index contributed by atoms with van der Waals surface area (Å²) < 4.78 is 0. The van der Waals surface area contributed by atoms with Crippen molar-refractivity contribution in [2.75, 3.05) is 6.54 Å². The summed E-state index contributed by atoms with van der Waals surface area (Å²) in [5, 5.41) is 10.5. The molecule has 2 heteroatoms. The van der Waals surface area contributed by atoms with Gasteiger partial charge in [0.05, 0.1) is 0 Å². The second-order valence-electron chi connectivity index (χ2n) is 3.19. The normalized spacial score (nSPS) is 9.92. The summed E-state index contributed by atoms with van der Waals surface area (Å²) in [4.78, 5) is 0. The van der Waals surface area contributed by atoms with Gasteiger partial charge in [-0.2, -0.15) is 0 Å². The molecule has 13 heavy (non-hydrogen) atoms. The van der Waals surface area contributed by atoms with Crippen molar-refractivity contribution >= 4 is 5.71 Å². The van der Waals surface area contributed by atoms with E-state index in [2.05, 4.69) is 17.4 Å². The topological polar surface area (TPSA) is 35.9 Å². The van der Waals surface area contributed by atoms with E-state index in [1.54, 1.807) is 0 Å². The molecule has 0 aliphatic heterocycles. The maximum absolute atomic E-state index is 7.24. The van der Waals surface area contributed by atoms with Gasteiger partial charge in [-0.1, -0.05) is 30.3 Å². The van der Waals surface area contributed by atoms with Crippen LogP contribution in [0.15, 0.2) is 30.3 Å². The minimum absolute atomic E-state index is 0.737. The summed E-state index contributed by atoms with van der Waals surface area (Å²) in [6.45, 7) is 3.63. The molecule has 1 rings (SSSR count). The molecule has 0 atom stereocenters. The molecule has 1 aromatic carbocycles. The Balaban J connectivity index is 2.17. The van der Waals surface area contributed by atoms with Crippen LogP contribution < -0.4 is 5.32 Å². The van der Waals surface area contributed by atoms with Crippen LogP contribution in [0.3, 0.4) is 0 Å². The standard InChI is InChI=1S/C11H16N2/c1-10(12)7-8-13-9-11-5-3-2-4-6-11/h2-6,12-13H,7-9H2,1H3. The molecule has 0 spiro atoms. The Morgan fingerprint density at radius 3 is 2.62 bits per heavy atom. The Hall–Kier alpha value is -1.15. The first-order chi connectivity index (χ1) is 6.29. The lowest BCUT2D eigenvalue weighted by molar-refractivity contribution is 0.703. The van der Waals surface area contributed by atoms with E-state index in [0.29, 0.717) is 0 Å². The molecule has 0 aliphatic carbocycles. The minimum atomic E-state index is 0.737. The Labute approximate surface area is 79.5 Å². The number of nitrogens with one attached hydrogen (secondary N) is 2. The van der Waals surface area contributed by atoms with Gasteiger partial charge in [0.15, 0.2) is 0 Å². The van der Waals surface area contributed by atoms with Gasteiger partial charge in [0.25, 0.3) is 0 Å².